The molecule has 2 aliphatic rings. The number of rotatable bonds is 4. The number of halogens is 3. The Morgan fingerprint density at radius 2 is 2.03 bits per heavy atom. The average Bonchev–Trinajstić information content (AvgIpc) is 3.06. The Morgan fingerprint density at radius 3 is 2.85 bits per heavy atom. The van der Waals surface area contributed by atoms with Crippen molar-refractivity contribution in [2.75, 3.05) is 32.0 Å². The molecule has 4 nitrogen and oxygen atoms in total. The number of fused-ring (bicyclic) bond motifs is 2. The van der Waals surface area contributed by atoms with Gasteiger partial charge in [-0.05, 0) is 56.6 Å². The molecular weight excluding hydrogens is 462 g/mol. The van der Waals surface area contributed by atoms with Crippen LogP contribution in [-0.4, -0.2) is 47.5 Å². The molecule has 1 fully saturated rings. The van der Waals surface area contributed by atoms with E-state index in [2.05, 4.69) is 40.1 Å². The molecule has 33 heavy (non-hydrogen) atoms. The third-order valence-electron chi connectivity index (χ3n) is 6.37. The largest absolute Gasteiger partial charge is 0.366 e. The number of aromatic nitrogens is 1. The molecule has 0 saturated carbocycles. The van der Waals surface area contributed by atoms with Crippen LogP contribution in [0.15, 0.2) is 42.6 Å². The van der Waals surface area contributed by atoms with Gasteiger partial charge < -0.3 is 10.2 Å². The van der Waals surface area contributed by atoms with E-state index >= 15 is 0 Å². The maximum atomic E-state index is 14.7. The summed E-state index contributed by atoms with van der Waals surface area (Å²) in [4.78, 5) is 10.5. The molecule has 174 valence electrons. The van der Waals surface area contributed by atoms with Gasteiger partial charge in [-0.2, -0.15) is 0 Å². The quantitative estimate of drug-likeness (QED) is 0.606. The van der Waals surface area contributed by atoms with Crippen molar-refractivity contribution in [2.24, 2.45) is 0 Å². The van der Waals surface area contributed by atoms with E-state index < -0.39 is 0 Å². The minimum Gasteiger partial charge on any atom is -0.366 e. The van der Waals surface area contributed by atoms with E-state index in [0.717, 1.165) is 54.3 Å². The zero-order chi connectivity index (χ0) is 22.2. The fourth-order valence-corrected chi connectivity index (χ4v) is 5.53. The molecule has 1 N–H and O–H groups in total. The molecule has 1 aromatic carbocycles. The summed E-state index contributed by atoms with van der Waals surface area (Å²) < 4.78 is 28.3. The Morgan fingerprint density at radius 1 is 1.18 bits per heavy atom. The summed E-state index contributed by atoms with van der Waals surface area (Å²) in [6.07, 6.45) is 5.02. The van der Waals surface area contributed by atoms with Crippen LogP contribution in [0.2, 0.25) is 0 Å². The van der Waals surface area contributed by atoms with E-state index in [1.54, 1.807) is 35.9 Å². The van der Waals surface area contributed by atoms with Crippen molar-refractivity contribution in [3.63, 3.8) is 0 Å². The Balaban J connectivity index is 0.00000259. The van der Waals surface area contributed by atoms with Crippen molar-refractivity contribution in [1.29, 1.82) is 0 Å². The van der Waals surface area contributed by atoms with E-state index in [4.69, 9.17) is 0 Å². The fraction of sp³-hybridized carbons (Fsp3) is 0.320. The lowest BCUT2D eigenvalue weighted by atomic mass is 10.0. The third-order valence-corrected chi connectivity index (χ3v) is 7.35. The van der Waals surface area contributed by atoms with Crippen molar-refractivity contribution in [3.8, 4) is 0 Å². The molecule has 4 heterocycles. The van der Waals surface area contributed by atoms with Gasteiger partial charge in [-0.15, -0.1) is 23.7 Å². The van der Waals surface area contributed by atoms with E-state index in [1.807, 2.05) is 6.07 Å². The third kappa shape index (κ3) is 4.76. The number of hydrogen-bond donors (Lipinski definition) is 1. The second kappa shape index (κ2) is 9.79. The lowest BCUT2D eigenvalue weighted by Crippen LogP contribution is -2.52. The number of hydrogen-bond acceptors (Lipinski definition) is 5. The molecule has 0 aliphatic carbocycles. The monoisotopic (exact) mass is 488 g/mol. The van der Waals surface area contributed by atoms with Gasteiger partial charge in [0.1, 0.15) is 16.6 Å². The first-order chi connectivity index (χ1) is 15.5. The topological polar surface area (TPSA) is 31.4 Å². The molecule has 1 unspecified atom stereocenters. The molecule has 2 aliphatic heterocycles. The van der Waals surface area contributed by atoms with Crippen LogP contribution in [0.4, 0.5) is 13.8 Å². The van der Waals surface area contributed by atoms with Crippen molar-refractivity contribution in [3.05, 3.63) is 80.8 Å². The number of pyridine rings is 1. The molecule has 0 spiro atoms. The van der Waals surface area contributed by atoms with Gasteiger partial charge in [0.2, 0.25) is 0 Å². The van der Waals surface area contributed by atoms with Crippen LogP contribution in [-0.2, 0) is 6.42 Å². The highest BCUT2D eigenvalue weighted by Crippen LogP contribution is 2.35. The number of thiophene rings is 1. The number of benzene rings is 1. The van der Waals surface area contributed by atoms with Crippen molar-refractivity contribution in [1.82, 2.24) is 14.8 Å². The van der Waals surface area contributed by atoms with Crippen LogP contribution < -0.4 is 15.9 Å². The maximum Gasteiger partial charge on any atom is 0.135 e. The first-order valence-electron chi connectivity index (χ1n) is 10.9. The van der Waals surface area contributed by atoms with Gasteiger partial charge in [-0.1, -0.05) is 12.1 Å². The lowest BCUT2D eigenvalue weighted by Gasteiger charge is -2.41. The second-order valence-electron chi connectivity index (χ2n) is 8.54. The van der Waals surface area contributed by atoms with E-state index in [1.165, 1.54) is 17.0 Å². The van der Waals surface area contributed by atoms with Crippen molar-refractivity contribution < 1.29 is 8.78 Å². The molecular formula is C25H27ClF2N4S. The predicted octanol–water partition coefficient (Wildman–Crippen LogP) is 3.72. The molecule has 3 aromatic rings. The highest BCUT2D eigenvalue weighted by Gasteiger charge is 2.29. The van der Waals surface area contributed by atoms with Crippen molar-refractivity contribution >= 4 is 40.6 Å². The van der Waals surface area contributed by atoms with E-state index in [0.29, 0.717) is 16.6 Å². The lowest BCUT2D eigenvalue weighted by molar-refractivity contribution is 0.128. The molecule has 2 aromatic heterocycles. The minimum absolute atomic E-state index is 0. The standard InChI is InChI=1S/C25H26F2N4S.ClH/c1-16-12-20-24(23-21(14-29-25(20)32-16)22(27)8-9-28-23)31-11-10-30(2)19(15-31)7-6-17-4-3-5-18(26)13-17;/h3-5,8-9,12-14,19,29H,6-7,10-11,15H2,1-2H3;1H. The summed E-state index contributed by atoms with van der Waals surface area (Å²) in [6.45, 7) is 4.64. The maximum absolute atomic E-state index is 14.7. The van der Waals surface area contributed by atoms with E-state index in [-0.39, 0.29) is 24.0 Å². The molecule has 1 atom stereocenters. The smallest absolute Gasteiger partial charge is 0.135 e. The van der Waals surface area contributed by atoms with Crippen LogP contribution in [0.5, 0.6) is 0 Å². The van der Waals surface area contributed by atoms with Gasteiger partial charge in [0.15, 0.2) is 0 Å². The summed E-state index contributed by atoms with van der Waals surface area (Å²) in [5.74, 6) is -0.465. The number of likely N-dealkylation sites (N-methyl/N-ethyl adjacent to an activating group) is 1. The summed E-state index contributed by atoms with van der Waals surface area (Å²) in [5.41, 5.74) is 3.08. The minimum atomic E-state index is -0.274. The SMILES string of the molecule is Cc1cc2c(s1)NC=c1c(F)ccnc1=C2N1CCN(C)C(CCc2cccc(F)c2)C1.Cl. The van der Waals surface area contributed by atoms with Crippen molar-refractivity contribution in [2.45, 2.75) is 25.8 Å². The zero-order valence-electron chi connectivity index (χ0n) is 18.6. The van der Waals surface area contributed by atoms with Gasteiger partial charge in [0.05, 0.1) is 16.3 Å². The van der Waals surface area contributed by atoms with Gasteiger partial charge in [-0.25, -0.2) is 8.78 Å². The molecule has 1 saturated heterocycles. The van der Waals surface area contributed by atoms with Crippen LogP contribution in [0, 0.1) is 18.6 Å². The van der Waals surface area contributed by atoms with E-state index in [9.17, 15) is 8.78 Å². The first-order valence-corrected chi connectivity index (χ1v) is 11.7. The molecule has 8 heteroatoms. The van der Waals surface area contributed by atoms with Gasteiger partial charge in [0, 0.05) is 48.5 Å². The zero-order valence-corrected chi connectivity index (χ0v) is 20.3. The number of aryl methyl sites for hydroxylation is 2. The van der Waals surface area contributed by atoms with Crippen LogP contribution in [0.3, 0.4) is 0 Å². The highest BCUT2D eigenvalue weighted by atomic mass is 35.5. The first kappa shape index (κ1) is 23.7. The Bertz CT molecular complexity index is 1280. The second-order valence-corrected chi connectivity index (χ2v) is 9.80. The predicted molar refractivity (Wildman–Crippen MR) is 133 cm³/mol. The normalized spacial score (nSPS) is 17.9. The number of anilines is 1. The van der Waals surface area contributed by atoms with Gasteiger partial charge in [0.25, 0.3) is 0 Å². The molecule has 0 radical (unpaired) electrons. The summed E-state index contributed by atoms with van der Waals surface area (Å²) in [7, 11) is 2.15. The number of piperazine rings is 1. The van der Waals surface area contributed by atoms with Crippen LogP contribution in [0.1, 0.15) is 22.4 Å². The van der Waals surface area contributed by atoms with Crippen LogP contribution in [0.25, 0.3) is 11.9 Å². The van der Waals surface area contributed by atoms with Crippen LogP contribution >= 0.6 is 23.7 Å². The number of nitrogens with zero attached hydrogens (tertiary/aromatic N) is 3. The Labute approximate surface area is 202 Å². The fourth-order valence-electron chi connectivity index (χ4n) is 4.65. The summed E-state index contributed by atoms with van der Waals surface area (Å²) >= 11 is 1.67. The van der Waals surface area contributed by atoms with Gasteiger partial charge in [-0.3, -0.25) is 9.88 Å². The molecule has 5 rings (SSSR count). The summed E-state index contributed by atoms with van der Waals surface area (Å²) in [6, 6.07) is 10.7. The molecule has 0 amide bonds. The summed E-state index contributed by atoms with van der Waals surface area (Å²) in [5, 5.41) is 5.50. The molecule has 0 bridgehead atoms. The average molecular weight is 489 g/mol. The van der Waals surface area contributed by atoms with Gasteiger partial charge >= 0.3 is 0 Å². The number of nitrogens with one attached hydrogen (secondary N) is 1. The Kier molecular flexibility index (Phi) is 7.02. The Hall–Kier alpha value is -2.48. The highest BCUT2D eigenvalue weighted by molar-refractivity contribution is 7.16.